The Kier molecular flexibility index (Phi) is 6.00. The van der Waals surface area contributed by atoms with Crippen LogP contribution in [0.1, 0.15) is 19.8 Å². The van der Waals surface area contributed by atoms with Crippen molar-refractivity contribution in [3.63, 3.8) is 0 Å². The first-order chi connectivity index (χ1) is 6.36. The maximum Gasteiger partial charge on any atom is 0.0517 e. The lowest BCUT2D eigenvalue weighted by Gasteiger charge is -2.13. The molecule has 0 aromatic rings. The van der Waals surface area contributed by atoms with Crippen LogP contribution in [0.2, 0.25) is 0 Å². The zero-order valence-corrected chi connectivity index (χ0v) is 9.88. The summed E-state index contributed by atoms with van der Waals surface area (Å²) in [7, 11) is 0. The molecule has 1 aliphatic rings. The number of hydrogen-bond donors (Lipinski definition) is 0. The Hall–Kier alpha value is 0.400. The van der Waals surface area contributed by atoms with E-state index in [1.807, 2.05) is 0 Å². The van der Waals surface area contributed by atoms with E-state index in [1.165, 1.54) is 12.8 Å². The average molecular weight is 251 g/mol. The Bertz CT molecular complexity index is 118. The lowest BCUT2D eigenvalue weighted by Crippen LogP contribution is -2.15. The average Bonchev–Trinajstić information content (AvgIpc) is 2.65. The number of alkyl halides is 1. The molecule has 2 unspecified atom stereocenters. The van der Waals surface area contributed by atoms with E-state index in [0.29, 0.717) is 11.8 Å². The van der Waals surface area contributed by atoms with E-state index in [9.17, 15) is 0 Å². The quantitative estimate of drug-likeness (QED) is 0.675. The largest absolute Gasteiger partial charge is 0.381 e. The third kappa shape index (κ3) is 4.43. The molecular formula is C10H19BrO2. The van der Waals surface area contributed by atoms with E-state index < -0.39 is 0 Å². The third-order valence-electron chi connectivity index (χ3n) is 2.53. The van der Waals surface area contributed by atoms with Crippen LogP contribution in [0.15, 0.2) is 0 Å². The molecule has 0 radical (unpaired) electrons. The highest BCUT2D eigenvalue weighted by Gasteiger charge is 2.16. The molecule has 2 nitrogen and oxygen atoms in total. The first-order valence-electron chi connectivity index (χ1n) is 5.08. The van der Waals surface area contributed by atoms with Gasteiger partial charge in [0.25, 0.3) is 0 Å². The molecule has 3 heteroatoms. The van der Waals surface area contributed by atoms with Crippen LogP contribution in [-0.4, -0.2) is 31.8 Å². The van der Waals surface area contributed by atoms with Gasteiger partial charge in [-0.2, -0.15) is 0 Å². The Morgan fingerprint density at radius 1 is 1.62 bits per heavy atom. The van der Waals surface area contributed by atoms with Gasteiger partial charge in [0.15, 0.2) is 0 Å². The predicted octanol–water partition coefficient (Wildman–Crippen LogP) is 2.46. The van der Waals surface area contributed by atoms with Gasteiger partial charge in [-0.3, -0.25) is 0 Å². The van der Waals surface area contributed by atoms with Crippen LogP contribution in [0.4, 0.5) is 0 Å². The lowest BCUT2D eigenvalue weighted by molar-refractivity contribution is 0.0697. The molecule has 1 rings (SSSR count). The molecule has 0 aromatic heterocycles. The number of halogens is 1. The smallest absolute Gasteiger partial charge is 0.0517 e. The predicted molar refractivity (Wildman–Crippen MR) is 57.3 cm³/mol. The summed E-state index contributed by atoms with van der Waals surface area (Å²) < 4.78 is 10.9. The molecule has 1 heterocycles. The van der Waals surface area contributed by atoms with Gasteiger partial charge in [0.2, 0.25) is 0 Å². The van der Waals surface area contributed by atoms with Gasteiger partial charge in [0, 0.05) is 17.9 Å². The molecule has 0 saturated carbocycles. The highest BCUT2D eigenvalue weighted by atomic mass is 79.9. The van der Waals surface area contributed by atoms with E-state index in [-0.39, 0.29) is 0 Å². The highest BCUT2D eigenvalue weighted by Crippen LogP contribution is 2.14. The van der Waals surface area contributed by atoms with E-state index in [2.05, 4.69) is 22.9 Å². The SMILES string of the molecule is CCC(CBr)COCC1CCOC1. The fourth-order valence-corrected chi connectivity index (χ4v) is 2.03. The summed E-state index contributed by atoms with van der Waals surface area (Å²) >= 11 is 3.49. The van der Waals surface area contributed by atoms with Crippen molar-refractivity contribution in [1.82, 2.24) is 0 Å². The fourth-order valence-electron chi connectivity index (χ4n) is 1.39. The normalized spacial score (nSPS) is 24.9. The van der Waals surface area contributed by atoms with Gasteiger partial charge in [-0.15, -0.1) is 0 Å². The van der Waals surface area contributed by atoms with Gasteiger partial charge >= 0.3 is 0 Å². The summed E-state index contributed by atoms with van der Waals surface area (Å²) in [5.74, 6) is 1.31. The summed E-state index contributed by atoms with van der Waals surface area (Å²) in [6.45, 7) is 5.78. The van der Waals surface area contributed by atoms with Crippen molar-refractivity contribution in [3.05, 3.63) is 0 Å². The van der Waals surface area contributed by atoms with Gasteiger partial charge in [-0.05, 0) is 12.3 Å². The minimum Gasteiger partial charge on any atom is -0.381 e. The molecule has 0 bridgehead atoms. The molecule has 0 amide bonds. The molecule has 1 aliphatic heterocycles. The Morgan fingerprint density at radius 2 is 2.46 bits per heavy atom. The van der Waals surface area contributed by atoms with Crippen molar-refractivity contribution in [1.29, 1.82) is 0 Å². The van der Waals surface area contributed by atoms with E-state index in [0.717, 1.165) is 31.8 Å². The van der Waals surface area contributed by atoms with Gasteiger partial charge in [0.05, 0.1) is 19.8 Å². The molecule has 1 saturated heterocycles. The van der Waals surface area contributed by atoms with Crippen LogP contribution in [0.3, 0.4) is 0 Å². The number of hydrogen-bond acceptors (Lipinski definition) is 2. The second-order valence-electron chi connectivity index (χ2n) is 3.70. The molecule has 0 aromatic carbocycles. The van der Waals surface area contributed by atoms with Crippen molar-refractivity contribution in [2.45, 2.75) is 19.8 Å². The summed E-state index contributed by atoms with van der Waals surface area (Å²) in [6.07, 6.45) is 2.36. The highest BCUT2D eigenvalue weighted by molar-refractivity contribution is 9.09. The monoisotopic (exact) mass is 250 g/mol. The minimum atomic E-state index is 0.646. The summed E-state index contributed by atoms with van der Waals surface area (Å²) in [4.78, 5) is 0. The maximum atomic E-state index is 5.65. The number of rotatable bonds is 6. The van der Waals surface area contributed by atoms with Crippen molar-refractivity contribution in [2.24, 2.45) is 11.8 Å². The Balaban J connectivity index is 1.98. The van der Waals surface area contributed by atoms with Gasteiger partial charge in [0.1, 0.15) is 0 Å². The van der Waals surface area contributed by atoms with Gasteiger partial charge in [-0.25, -0.2) is 0 Å². The van der Waals surface area contributed by atoms with E-state index in [4.69, 9.17) is 9.47 Å². The lowest BCUT2D eigenvalue weighted by atomic mass is 10.1. The molecule has 0 aliphatic carbocycles. The van der Waals surface area contributed by atoms with Gasteiger partial charge < -0.3 is 9.47 Å². The third-order valence-corrected chi connectivity index (χ3v) is 3.44. The van der Waals surface area contributed by atoms with Crippen LogP contribution in [0, 0.1) is 11.8 Å². The van der Waals surface area contributed by atoms with E-state index in [1.54, 1.807) is 0 Å². The molecule has 0 spiro atoms. The topological polar surface area (TPSA) is 18.5 Å². The van der Waals surface area contributed by atoms with Crippen LogP contribution >= 0.6 is 15.9 Å². The molecule has 13 heavy (non-hydrogen) atoms. The Morgan fingerprint density at radius 3 is 3.00 bits per heavy atom. The maximum absolute atomic E-state index is 5.65. The molecule has 2 atom stereocenters. The minimum absolute atomic E-state index is 0.646. The standard InChI is InChI=1S/C10H19BrO2/c1-2-9(5-11)6-13-8-10-3-4-12-7-10/h9-10H,2-8H2,1H3. The van der Waals surface area contributed by atoms with Crippen LogP contribution in [0.25, 0.3) is 0 Å². The van der Waals surface area contributed by atoms with Crippen LogP contribution < -0.4 is 0 Å². The molecule has 78 valence electrons. The molecule has 1 fully saturated rings. The zero-order chi connectivity index (χ0) is 9.52. The van der Waals surface area contributed by atoms with Gasteiger partial charge in [-0.1, -0.05) is 29.3 Å². The van der Waals surface area contributed by atoms with Crippen molar-refractivity contribution < 1.29 is 9.47 Å². The molecule has 0 N–H and O–H groups in total. The van der Waals surface area contributed by atoms with Crippen LogP contribution in [0.5, 0.6) is 0 Å². The summed E-state index contributed by atoms with van der Waals surface area (Å²) in [5, 5.41) is 1.05. The van der Waals surface area contributed by atoms with Crippen molar-refractivity contribution in [3.8, 4) is 0 Å². The van der Waals surface area contributed by atoms with Crippen LogP contribution in [-0.2, 0) is 9.47 Å². The second kappa shape index (κ2) is 6.80. The zero-order valence-electron chi connectivity index (χ0n) is 8.30. The van der Waals surface area contributed by atoms with Crippen molar-refractivity contribution in [2.75, 3.05) is 31.8 Å². The van der Waals surface area contributed by atoms with E-state index >= 15 is 0 Å². The summed E-state index contributed by atoms with van der Waals surface area (Å²) in [5.41, 5.74) is 0. The fraction of sp³-hybridized carbons (Fsp3) is 1.00. The first kappa shape index (κ1) is 11.5. The first-order valence-corrected chi connectivity index (χ1v) is 6.20. The summed E-state index contributed by atoms with van der Waals surface area (Å²) in [6, 6.07) is 0. The second-order valence-corrected chi connectivity index (χ2v) is 4.34. The van der Waals surface area contributed by atoms with Crippen molar-refractivity contribution >= 4 is 15.9 Å². The Labute approximate surface area is 89.1 Å². The molecular weight excluding hydrogens is 232 g/mol. The number of ether oxygens (including phenoxy) is 2.